The molecule has 0 radical (unpaired) electrons. The molecule has 8 heteroatoms. The van der Waals surface area contributed by atoms with Crippen LogP contribution >= 0.6 is 0 Å². The van der Waals surface area contributed by atoms with Crippen LogP contribution in [0.25, 0.3) is 11.1 Å². The van der Waals surface area contributed by atoms with Crippen molar-refractivity contribution in [2.45, 2.75) is 19.3 Å². The van der Waals surface area contributed by atoms with Crippen LogP contribution in [0, 0.1) is 5.41 Å². The lowest BCUT2D eigenvalue weighted by Crippen LogP contribution is -2.50. The van der Waals surface area contributed by atoms with Crippen molar-refractivity contribution in [1.29, 1.82) is 0 Å². The first-order valence-electron chi connectivity index (χ1n) is 10.0. The minimum atomic E-state index is -1.84. The number of piperidine rings is 1. The molecule has 0 unspecified atom stereocenters. The van der Waals surface area contributed by atoms with E-state index < -0.39 is 17.4 Å². The van der Waals surface area contributed by atoms with Gasteiger partial charge in [0, 0.05) is 31.6 Å². The van der Waals surface area contributed by atoms with Gasteiger partial charge in [-0.1, -0.05) is 42.5 Å². The number of benzene rings is 2. The molecule has 3 N–H and O–H groups in total. The first kappa shape index (κ1) is 22.0. The van der Waals surface area contributed by atoms with E-state index >= 15 is 0 Å². The number of carbonyl (C=O) groups excluding carboxylic acids is 2. The van der Waals surface area contributed by atoms with Crippen LogP contribution in [0.2, 0.25) is 0 Å². The van der Waals surface area contributed by atoms with Crippen molar-refractivity contribution in [2.75, 3.05) is 19.6 Å². The smallest absolute Gasteiger partial charge is 0.321 e. The quantitative estimate of drug-likeness (QED) is 0.586. The monoisotopic (exact) mass is 424 g/mol. The second-order valence-corrected chi connectivity index (χ2v) is 7.52. The average molecular weight is 424 g/mol. The summed E-state index contributed by atoms with van der Waals surface area (Å²) in [6, 6.07) is 17.0. The maximum Gasteiger partial charge on any atom is 0.321 e. The highest BCUT2D eigenvalue weighted by molar-refractivity contribution is 5.98. The average Bonchev–Trinajstić information content (AvgIpc) is 2.79. The number of likely N-dealkylation sites (tertiary alicyclic amines) is 1. The molecule has 1 heterocycles. The largest absolute Gasteiger partial charge is 0.480 e. The number of rotatable bonds is 7. The van der Waals surface area contributed by atoms with Gasteiger partial charge in [0.05, 0.1) is 0 Å². The molecule has 0 spiro atoms. The van der Waals surface area contributed by atoms with Crippen LogP contribution in [0.4, 0.5) is 0 Å². The molecule has 0 bridgehead atoms. The molecular weight excluding hydrogens is 400 g/mol. The zero-order chi connectivity index (χ0) is 22.4. The normalized spacial score (nSPS) is 15.2. The van der Waals surface area contributed by atoms with Crippen LogP contribution in [-0.4, -0.2) is 58.5 Å². The Kier molecular flexibility index (Phi) is 6.69. The number of nitrogens with one attached hydrogen (secondary N) is 1. The molecule has 0 saturated carbocycles. The van der Waals surface area contributed by atoms with Crippen molar-refractivity contribution in [1.82, 2.24) is 10.2 Å². The van der Waals surface area contributed by atoms with Gasteiger partial charge in [-0.2, -0.15) is 0 Å². The van der Waals surface area contributed by atoms with Gasteiger partial charge >= 0.3 is 11.9 Å². The number of carboxylic acids is 2. The van der Waals surface area contributed by atoms with Crippen LogP contribution in [0.15, 0.2) is 54.6 Å². The van der Waals surface area contributed by atoms with Gasteiger partial charge < -0.3 is 20.4 Å². The highest BCUT2D eigenvalue weighted by Gasteiger charge is 2.49. The lowest BCUT2D eigenvalue weighted by atomic mass is 9.78. The number of carbonyl (C=O) groups is 4. The van der Waals surface area contributed by atoms with E-state index in [1.807, 2.05) is 42.5 Å². The van der Waals surface area contributed by atoms with Gasteiger partial charge in [-0.05, 0) is 36.1 Å². The number of nitrogens with zero attached hydrogens (tertiary/aromatic N) is 1. The minimum Gasteiger partial charge on any atom is -0.480 e. The Morgan fingerprint density at radius 1 is 0.839 bits per heavy atom. The standard InChI is InChI=1S/C23H24N2O6/c26-19(25-14-11-23(12-15-25,21(28)29)22(30)31)10-13-24-20(27)18-8-6-17(7-9-18)16-4-2-1-3-5-16/h1-9H,10-15H2,(H,24,27)(H,28,29)(H,30,31). The molecule has 31 heavy (non-hydrogen) atoms. The van der Waals surface area contributed by atoms with Crippen LogP contribution < -0.4 is 5.32 Å². The molecule has 0 atom stereocenters. The molecule has 0 aromatic heterocycles. The molecule has 2 amide bonds. The van der Waals surface area contributed by atoms with Gasteiger partial charge in [0.25, 0.3) is 5.91 Å². The minimum absolute atomic E-state index is 0.0565. The SMILES string of the molecule is O=C(NCCC(=O)N1CCC(C(=O)O)(C(=O)O)CC1)c1ccc(-c2ccccc2)cc1. The second-order valence-electron chi connectivity index (χ2n) is 7.52. The van der Waals surface area contributed by atoms with E-state index in [0.29, 0.717) is 5.56 Å². The first-order chi connectivity index (χ1) is 14.8. The third kappa shape index (κ3) is 4.91. The van der Waals surface area contributed by atoms with Crippen molar-refractivity contribution < 1.29 is 29.4 Å². The Morgan fingerprint density at radius 3 is 1.94 bits per heavy atom. The molecular formula is C23H24N2O6. The summed E-state index contributed by atoms with van der Waals surface area (Å²) >= 11 is 0. The van der Waals surface area contributed by atoms with Crippen LogP contribution in [0.3, 0.4) is 0 Å². The van der Waals surface area contributed by atoms with Crippen molar-refractivity contribution >= 4 is 23.8 Å². The maximum atomic E-state index is 12.3. The van der Waals surface area contributed by atoms with Crippen molar-refractivity contribution in [3.05, 3.63) is 60.2 Å². The van der Waals surface area contributed by atoms with Gasteiger partial charge in [-0.3, -0.25) is 19.2 Å². The Bertz CT molecular complexity index is 947. The van der Waals surface area contributed by atoms with Crippen molar-refractivity contribution in [3.8, 4) is 11.1 Å². The molecule has 2 aromatic rings. The lowest BCUT2D eigenvalue weighted by Gasteiger charge is -2.36. The summed E-state index contributed by atoms with van der Waals surface area (Å²) in [4.78, 5) is 48.8. The van der Waals surface area contributed by atoms with Crippen LogP contribution in [0.5, 0.6) is 0 Å². The number of hydrogen-bond acceptors (Lipinski definition) is 4. The summed E-state index contributed by atoms with van der Waals surface area (Å²) in [5, 5.41) is 21.2. The van der Waals surface area contributed by atoms with E-state index in [1.165, 1.54) is 4.90 Å². The second kappa shape index (κ2) is 9.42. The number of hydrogen-bond donors (Lipinski definition) is 3. The molecule has 162 valence electrons. The maximum absolute atomic E-state index is 12.3. The van der Waals surface area contributed by atoms with E-state index in [0.717, 1.165) is 11.1 Å². The van der Waals surface area contributed by atoms with Gasteiger partial charge in [-0.25, -0.2) is 0 Å². The fourth-order valence-corrected chi connectivity index (χ4v) is 3.64. The van der Waals surface area contributed by atoms with Crippen LogP contribution in [0.1, 0.15) is 29.6 Å². The van der Waals surface area contributed by atoms with Gasteiger partial charge in [-0.15, -0.1) is 0 Å². The predicted octanol–water partition coefficient (Wildman–Crippen LogP) is 2.25. The predicted molar refractivity (Wildman–Crippen MR) is 112 cm³/mol. The molecule has 0 aliphatic carbocycles. The molecule has 3 rings (SSSR count). The van der Waals surface area contributed by atoms with E-state index in [4.69, 9.17) is 0 Å². The third-order valence-electron chi connectivity index (χ3n) is 5.67. The molecule has 1 fully saturated rings. The van der Waals surface area contributed by atoms with E-state index in [1.54, 1.807) is 12.1 Å². The van der Waals surface area contributed by atoms with E-state index in [2.05, 4.69) is 5.32 Å². The third-order valence-corrected chi connectivity index (χ3v) is 5.67. The Balaban J connectivity index is 1.47. The van der Waals surface area contributed by atoms with Gasteiger partial charge in [0.2, 0.25) is 5.91 Å². The summed E-state index contributed by atoms with van der Waals surface area (Å²) in [6.45, 7) is 0.260. The molecule has 1 aliphatic heterocycles. The summed E-state index contributed by atoms with van der Waals surface area (Å²) < 4.78 is 0. The van der Waals surface area contributed by atoms with Crippen LogP contribution in [-0.2, 0) is 14.4 Å². The topological polar surface area (TPSA) is 124 Å². The van der Waals surface area contributed by atoms with Crippen molar-refractivity contribution in [3.63, 3.8) is 0 Å². The Labute approximate surface area is 179 Å². The summed E-state index contributed by atoms with van der Waals surface area (Å²) in [6.07, 6.45) is -0.214. The molecule has 1 aliphatic rings. The summed E-state index contributed by atoms with van der Waals surface area (Å²) in [5.41, 5.74) is 0.696. The zero-order valence-corrected chi connectivity index (χ0v) is 16.9. The Morgan fingerprint density at radius 2 is 1.39 bits per heavy atom. The summed E-state index contributed by atoms with van der Waals surface area (Å²) in [7, 11) is 0. The fraction of sp³-hybridized carbons (Fsp3) is 0.304. The molecule has 2 aromatic carbocycles. The van der Waals surface area contributed by atoms with Gasteiger partial charge in [0.15, 0.2) is 5.41 Å². The van der Waals surface area contributed by atoms with Crippen molar-refractivity contribution in [2.24, 2.45) is 5.41 Å². The van der Waals surface area contributed by atoms with E-state index in [9.17, 15) is 29.4 Å². The fourth-order valence-electron chi connectivity index (χ4n) is 3.64. The number of aliphatic carboxylic acids is 2. The highest BCUT2D eigenvalue weighted by Crippen LogP contribution is 2.32. The first-order valence-corrected chi connectivity index (χ1v) is 10.0. The zero-order valence-electron chi connectivity index (χ0n) is 16.9. The Hall–Kier alpha value is -3.68. The highest BCUT2D eigenvalue weighted by atomic mass is 16.4. The van der Waals surface area contributed by atoms with E-state index in [-0.39, 0.29) is 50.7 Å². The van der Waals surface area contributed by atoms with Gasteiger partial charge in [0.1, 0.15) is 0 Å². The number of carboxylic acid groups (broad SMARTS) is 2. The molecule has 1 saturated heterocycles. The number of amides is 2. The lowest BCUT2D eigenvalue weighted by molar-refractivity contribution is -0.169. The molecule has 8 nitrogen and oxygen atoms in total. The summed E-state index contributed by atoms with van der Waals surface area (Å²) in [5.74, 6) is -3.29.